The number of nitrogens with one attached hydrogen (secondary N) is 1. The number of hydrogen-bond acceptors (Lipinski definition) is 4. The van der Waals surface area contributed by atoms with E-state index in [0.29, 0.717) is 33.5 Å². The van der Waals surface area contributed by atoms with E-state index in [1.54, 1.807) is 42.5 Å². The minimum absolute atomic E-state index is 0.0539. The molecule has 0 aliphatic heterocycles. The third kappa shape index (κ3) is 4.31. The Morgan fingerprint density at radius 2 is 1.65 bits per heavy atom. The van der Waals surface area contributed by atoms with E-state index in [4.69, 9.17) is 11.2 Å². The summed E-state index contributed by atoms with van der Waals surface area (Å²) in [6.07, 6.45) is 5.37. The number of aromatic nitrogens is 2. The summed E-state index contributed by atoms with van der Waals surface area (Å²) in [6, 6.07) is 23.4. The van der Waals surface area contributed by atoms with Crippen molar-refractivity contribution in [2.24, 2.45) is 0 Å². The predicted octanol–water partition coefficient (Wildman–Crippen LogP) is 3.75. The summed E-state index contributed by atoms with van der Waals surface area (Å²) in [5.74, 6) is 3.20. The molecule has 4 rings (SSSR count). The van der Waals surface area contributed by atoms with Gasteiger partial charge in [-0.25, -0.2) is 4.68 Å². The summed E-state index contributed by atoms with van der Waals surface area (Å²) in [5.41, 5.74) is 0.693. The topological polar surface area (TPSA) is 73.2 Å². The molecule has 31 heavy (non-hydrogen) atoms. The SMILES string of the molecule is C#CCn1nc(CNC(=O)c2ccccc2Oc2ccccc2)c2ccccc2c1=O. The van der Waals surface area contributed by atoms with Gasteiger partial charge in [0.1, 0.15) is 18.0 Å². The number of terminal acetylenes is 1. The Morgan fingerprint density at radius 1 is 0.968 bits per heavy atom. The molecule has 1 amide bonds. The first-order chi connectivity index (χ1) is 15.2. The van der Waals surface area contributed by atoms with Gasteiger partial charge in [0.2, 0.25) is 0 Å². The Balaban J connectivity index is 1.60. The third-order valence-corrected chi connectivity index (χ3v) is 4.70. The van der Waals surface area contributed by atoms with Gasteiger partial charge in [-0.2, -0.15) is 5.10 Å². The third-order valence-electron chi connectivity index (χ3n) is 4.70. The lowest BCUT2D eigenvalue weighted by atomic mass is 10.1. The summed E-state index contributed by atoms with van der Waals surface area (Å²) < 4.78 is 7.11. The molecule has 0 unspecified atom stereocenters. The van der Waals surface area contributed by atoms with Crippen LogP contribution >= 0.6 is 0 Å². The molecule has 6 nitrogen and oxygen atoms in total. The number of ether oxygens (including phenoxy) is 1. The van der Waals surface area contributed by atoms with Crippen LogP contribution in [0.3, 0.4) is 0 Å². The van der Waals surface area contributed by atoms with E-state index >= 15 is 0 Å². The molecule has 0 aliphatic rings. The van der Waals surface area contributed by atoms with Crippen molar-refractivity contribution in [2.75, 3.05) is 0 Å². The Kier molecular flexibility index (Phi) is 5.77. The molecule has 0 spiro atoms. The van der Waals surface area contributed by atoms with Crippen LogP contribution in [0, 0.1) is 12.3 Å². The fourth-order valence-electron chi connectivity index (χ4n) is 3.25. The highest BCUT2D eigenvalue weighted by molar-refractivity contribution is 5.97. The molecule has 1 heterocycles. The lowest BCUT2D eigenvalue weighted by Gasteiger charge is -2.13. The van der Waals surface area contributed by atoms with Crippen LogP contribution in [0.4, 0.5) is 0 Å². The van der Waals surface area contributed by atoms with Crippen molar-refractivity contribution in [3.63, 3.8) is 0 Å². The highest BCUT2D eigenvalue weighted by Gasteiger charge is 2.15. The van der Waals surface area contributed by atoms with Crippen molar-refractivity contribution < 1.29 is 9.53 Å². The first-order valence-electron chi connectivity index (χ1n) is 9.69. The largest absolute Gasteiger partial charge is 0.457 e. The van der Waals surface area contributed by atoms with E-state index in [-0.39, 0.29) is 24.6 Å². The molecular weight excluding hydrogens is 390 g/mol. The maximum atomic E-state index is 12.9. The zero-order chi connectivity index (χ0) is 21.6. The first-order valence-corrected chi connectivity index (χ1v) is 9.69. The second-order valence-electron chi connectivity index (χ2n) is 6.75. The van der Waals surface area contributed by atoms with Crippen LogP contribution in [0.2, 0.25) is 0 Å². The van der Waals surface area contributed by atoms with Crippen molar-refractivity contribution >= 4 is 16.7 Å². The molecule has 0 aliphatic carbocycles. The maximum absolute atomic E-state index is 12.9. The minimum Gasteiger partial charge on any atom is -0.457 e. The number of nitrogens with zero attached hydrogens (tertiary/aromatic N) is 2. The van der Waals surface area contributed by atoms with E-state index in [0.717, 1.165) is 0 Å². The Bertz CT molecular complexity index is 1340. The lowest BCUT2D eigenvalue weighted by Crippen LogP contribution is -2.28. The van der Waals surface area contributed by atoms with Gasteiger partial charge in [-0.3, -0.25) is 9.59 Å². The molecule has 1 N–H and O–H groups in total. The predicted molar refractivity (Wildman–Crippen MR) is 119 cm³/mol. The van der Waals surface area contributed by atoms with Gasteiger partial charge in [0, 0.05) is 5.39 Å². The van der Waals surface area contributed by atoms with E-state index < -0.39 is 0 Å². The molecular formula is C25H19N3O3. The molecule has 1 aromatic heterocycles. The number of para-hydroxylation sites is 2. The van der Waals surface area contributed by atoms with E-state index in [1.807, 2.05) is 36.4 Å². The fourth-order valence-corrected chi connectivity index (χ4v) is 3.25. The van der Waals surface area contributed by atoms with E-state index in [9.17, 15) is 9.59 Å². The lowest BCUT2D eigenvalue weighted by molar-refractivity contribution is 0.0948. The van der Waals surface area contributed by atoms with Crippen molar-refractivity contribution in [3.05, 3.63) is 100 Å². The monoisotopic (exact) mass is 409 g/mol. The molecule has 0 radical (unpaired) electrons. The van der Waals surface area contributed by atoms with Gasteiger partial charge in [-0.05, 0) is 30.3 Å². The van der Waals surface area contributed by atoms with Gasteiger partial charge < -0.3 is 10.1 Å². The highest BCUT2D eigenvalue weighted by atomic mass is 16.5. The Hall–Kier alpha value is -4.37. The standard InChI is InChI=1S/C25H19N3O3/c1-2-16-28-25(30)20-13-7-6-12-19(20)22(27-28)17-26-24(29)21-14-8-9-15-23(21)31-18-10-4-3-5-11-18/h1,3-15H,16-17H2,(H,26,29). The summed E-state index contributed by atoms with van der Waals surface area (Å²) in [7, 11) is 0. The van der Waals surface area contributed by atoms with Crippen LogP contribution in [0.1, 0.15) is 16.1 Å². The van der Waals surface area contributed by atoms with Gasteiger partial charge in [-0.1, -0.05) is 54.5 Å². The fraction of sp³-hybridized carbons (Fsp3) is 0.0800. The van der Waals surface area contributed by atoms with Gasteiger partial charge in [0.25, 0.3) is 11.5 Å². The molecule has 4 aromatic rings. The van der Waals surface area contributed by atoms with Crippen molar-refractivity contribution in [1.82, 2.24) is 15.1 Å². The Morgan fingerprint density at radius 3 is 2.42 bits per heavy atom. The average molecular weight is 409 g/mol. The molecule has 3 aromatic carbocycles. The molecule has 152 valence electrons. The molecule has 0 saturated carbocycles. The van der Waals surface area contributed by atoms with Gasteiger partial charge in [0.05, 0.1) is 23.2 Å². The maximum Gasteiger partial charge on any atom is 0.275 e. The van der Waals surface area contributed by atoms with Crippen molar-refractivity contribution in [1.29, 1.82) is 0 Å². The quantitative estimate of drug-likeness (QED) is 0.492. The van der Waals surface area contributed by atoms with Crippen LogP contribution < -0.4 is 15.6 Å². The molecule has 0 fully saturated rings. The van der Waals surface area contributed by atoms with Crippen molar-refractivity contribution in [3.8, 4) is 23.8 Å². The average Bonchev–Trinajstić information content (AvgIpc) is 2.81. The summed E-state index contributed by atoms with van der Waals surface area (Å²) in [4.78, 5) is 25.5. The number of hydrogen-bond donors (Lipinski definition) is 1. The first kappa shape index (κ1) is 19.9. The summed E-state index contributed by atoms with van der Waals surface area (Å²) in [5, 5.41) is 8.42. The zero-order valence-electron chi connectivity index (χ0n) is 16.6. The van der Waals surface area contributed by atoms with E-state index in [1.165, 1.54) is 4.68 Å². The van der Waals surface area contributed by atoms with Crippen LogP contribution in [0.25, 0.3) is 10.8 Å². The normalized spacial score (nSPS) is 10.4. The minimum atomic E-state index is -0.313. The van der Waals surface area contributed by atoms with Gasteiger partial charge >= 0.3 is 0 Å². The van der Waals surface area contributed by atoms with Crippen LogP contribution in [0.15, 0.2) is 83.7 Å². The van der Waals surface area contributed by atoms with Crippen molar-refractivity contribution in [2.45, 2.75) is 13.1 Å². The number of carbonyl (C=O) groups is 1. The molecule has 0 saturated heterocycles. The second-order valence-corrected chi connectivity index (χ2v) is 6.75. The van der Waals surface area contributed by atoms with Gasteiger partial charge in [-0.15, -0.1) is 6.42 Å². The number of benzene rings is 3. The Labute approximate surface area is 179 Å². The molecule has 0 atom stereocenters. The van der Waals surface area contributed by atoms with Crippen LogP contribution in [-0.4, -0.2) is 15.7 Å². The number of amides is 1. The molecule has 0 bridgehead atoms. The summed E-state index contributed by atoms with van der Waals surface area (Å²) >= 11 is 0. The zero-order valence-corrected chi connectivity index (χ0v) is 16.6. The summed E-state index contributed by atoms with van der Waals surface area (Å²) in [6.45, 7) is 0.183. The smallest absolute Gasteiger partial charge is 0.275 e. The number of fused-ring (bicyclic) bond motifs is 1. The molecule has 6 heteroatoms. The van der Waals surface area contributed by atoms with Crippen LogP contribution in [-0.2, 0) is 13.1 Å². The highest BCUT2D eigenvalue weighted by Crippen LogP contribution is 2.25. The van der Waals surface area contributed by atoms with E-state index in [2.05, 4.69) is 16.3 Å². The second kappa shape index (κ2) is 8.97. The van der Waals surface area contributed by atoms with Crippen LogP contribution in [0.5, 0.6) is 11.5 Å². The number of rotatable bonds is 6. The number of carbonyl (C=O) groups excluding carboxylic acids is 1. The van der Waals surface area contributed by atoms with Gasteiger partial charge in [0.15, 0.2) is 0 Å².